The van der Waals surface area contributed by atoms with Gasteiger partial charge in [-0.2, -0.15) is 4.98 Å². The smallest absolute Gasteiger partial charge is 0.277 e. The molecule has 0 amide bonds. The van der Waals surface area contributed by atoms with Gasteiger partial charge in [0, 0.05) is 24.1 Å². The van der Waals surface area contributed by atoms with Crippen LogP contribution in [0.3, 0.4) is 0 Å². The van der Waals surface area contributed by atoms with Crippen LogP contribution in [0.1, 0.15) is 42.0 Å². The van der Waals surface area contributed by atoms with Gasteiger partial charge in [0.25, 0.3) is 5.56 Å². The Bertz CT molecular complexity index is 1630. The van der Waals surface area contributed by atoms with E-state index in [0.29, 0.717) is 13.0 Å². The zero-order valence-electron chi connectivity index (χ0n) is 20.6. The van der Waals surface area contributed by atoms with Gasteiger partial charge >= 0.3 is 0 Å². The molecule has 1 aliphatic carbocycles. The van der Waals surface area contributed by atoms with Crippen LogP contribution in [0.25, 0.3) is 11.1 Å². The lowest BCUT2D eigenvalue weighted by molar-refractivity contribution is 0.122. The molecular weight excluding hydrogens is 490 g/mol. The molecule has 1 atom stereocenters. The molecule has 0 saturated heterocycles. The van der Waals surface area contributed by atoms with Crippen LogP contribution < -0.4 is 5.56 Å². The van der Waals surface area contributed by atoms with Gasteiger partial charge in [-0.25, -0.2) is 8.42 Å². The first-order valence-electron chi connectivity index (χ1n) is 12.1. The van der Waals surface area contributed by atoms with E-state index in [9.17, 15) is 18.3 Å². The Balaban J connectivity index is 1.63. The number of aryl methyl sites for hydroxylation is 2. The quantitative estimate of drug-likeness (QED) is 0.391. The third-order valence-electron chi connectivity index (χ3n) is 6.73. The van der Waals surface area contributed by atoms with Crippen molar-refractivity contribution in [2.24, 2.45) is 0 Å². The molecule has 2 aromatic heterocycles. The number of sulfone groups is 1. The predicted molar refractivity (Wildman–Crippen MR) is 138 cm³/mol. The average Bonchev–Trinajstić information content (AvgIpc) is 3.31. The van der Waals surface area contributed by atoms with Crippen LogP contribution >= 0.6 is 0 Å². The van der Waals surface area contributed by atoms with E-state index in [-0.39, 0.29) is 17.3 Å². The highest BCUT2D eigenvalue weighted by molar-refractivity contribution is 7.91. The monoisotopic (exact) mass is 517 g/mol. The molecule has 0 spiro atoms. The van der Waals surface area contributed by atoms with Crippen molar-refractivity contribution in [3.8, 4) is 17.0 Å². The second-order valence-corrected chi connectivity index (χ2v) is 10.8. The van der Waals surface area contributed by atoms with E-state index in [2.05, 4.69) is 9.97 Å². The summed E-state index contributed by atoms with van der Waals surface area (Å²) in [5, 5.41) is 10.7. The summed E-state index contributed by atoms with van der Waals surface area (Å²) >= 11 is 0. The van der Waals surface area contributed by atoms with Gasteiger partial charge in [0.1, 0.15) is 12.4 Å². The molecule has 190 valence electrons. The summed E-state index contributed by atoms with van der Waals surface area (Å²) in [7, 11) is -4.38. The third-order valence-corrected chi connectivity index (χ3v) is 8.52. The molecular formula is C28H27N3O5S. The molecule has 0 aliphatic heterocycles. The molecule has 8 nitrogen and oxygen atoms in total. The highest BCUT2D eigenvalue weighted by Crippen LogP contribution is 2.35. The van der Waals surface area contributed by atoms with E-state index in [0.717, 1.165) is 34.4 Å². The number of benzene rings is 2. The Hall–Kier alpha value is -3.82. The molecule has 0 saturated carbocycles. The van der Waals surface area contributed by atoms with Gasteiger partial charge in [-0.3, -0.25) is 14.3 Å². The fraction of sp³-hybridized carbons (Fsp3) is 0.250. The maximum atomic E-state index is 13.8. The first-order valence-corrected chi connectivity index (χ1v) is 13.6. The fourth-order valence-corrected chi connectivity index (χ4v) is 6.27. The van der Waals surface area contributed by atoms with Crippen molar-refractivity contribution in [3.63, 3.8) is 0 Å². The van der Waals surface area contributed by atoms with Gasteiger partial charge in [0.05, 0.1) is 10.9 Å². The van der Waals surface area contributed by atoms with Crippen LogP contribution in [-0.2, 0) is 27.6 Å². The van der Waals surface area contributed by atoms with Crippen LogP contribution in [0.2, 0.25) is 0 Å². The minimum atomic E-state index is -4.38. The number of aromatic nitrogens is 3. The number of fused-ring (bicyclic) bond motifs is 1. The maximum Gasteiger partial charge on any atom is 0.277 e. The van der Waals surface area contributed by atoms with E-state index in [1.165, 1.54) is 16.7 Å². The summed E-state index contributed by atoms with van der Waals surface area (Å²) in [5.41, 5.74) is 3.70. The normalized spacial score (nSPS) is 15.0. The standard InChI is InChI=1S/C28H27N3O5S/c1-3-36-17-25-30-27(32)26(28(33)31(25)24-15-12-19-7-4-5-8-23(19)24)37(34,35)21-13-10-20(11-14-21)22-9-6-16-29-18(22)2/h4-11,13-14,16,24,32H,3,12,15,17H2,1-2H3/t24-/m0/s1. The van der Waals surface area contributed by atoms with Crippen LogP contribution in [0.4, 0.5) is 0 Å². The third kappa shape index (κ3) is 4.45. The highest BCUT2D eigenvalue weighted by atomic mass is 32.2. The van der Waals surface area contributed by atoms with E-state index in [1.54, 1.807) is 18.3 Å². The number of rotatable bonds is 7. The molecule has 1 aliphatic rings. The van der Waals surface area contributed by atoms with E-state index in [4.69, 9.17) is 4.74 Å². The van der Waals surface area contributed by atoms with Crippen molar-refractivity contribution in [3.05, 3.63) is 99.9 Å². The molecule has 0 bridgehead atoms. The van der Waals surface area contributed by atoms with Gasteiger partial charge in [-0.15, -0.1) is 0 Å². The van der Waals surface area contributed by atoms with Crippen molar-refractivity contribution >= 4 is 9.84 Å². The molecule has 2 aromatic carbocycles. The minimum Gasteiger partial charge on any atom is -0.492 e. The number of nitrogens with zero attached hydrogens (tertiary/aromatic N) is 3. The Morgan fingerprint density at radius 2 is 1.84 bits per heavy atom. The number of aromatic hydroxyl groups is 1. The Labute approximate surface area is 215 Å². The average molecular weight is 518 g/mol. The zero-order chi connectivity index (χ0) is 26.2. The second kappa shape index (κ2) is 9.91. The maximum absolute atomic E-state index is 13.8. The summed E-state index contributed by atoms with van der Waals surface area (Å²) in [6.45, 7) is 4.03. The first-order chi connectivity index (χ1) is 17.8. The first kappa shape index (κ1) is 24.9. The number of hydrogen-bond acceptors (Lipinski definition) is 7. The van der Waals surface area contributed by atoms with Crippen LogP contribution in [0.15, 0.2) is 81.4 Å². The van der Waals surface area contributed by atoms with Gasteiger partial charge in [-0.1, -0.05) is 42.5 Å². The SMILES string of the molecule is CCOCc1nc(O)c(S(=O)(=O)c2ccc(-c3cccnc3C)cc2)c(=O)n1[C@H]1CCc2ccccc21. The second-order valence-electron chi connectivity index (χ2n) is 8.91. The Morgan fingerprint density at radius 1 is 1.08 bits per heavy atom. The van der Waals surface area contributed by atoms with Crippen LogP contribution in [-0.4, -0.2) is 34.7 Å². The summed E-state index contributed by atoms with van der Waals surface area (Å²) in [6, 6.07) is 17.3. The van der Waals surface area contributed by atoms with Gasteiger partial charge in [-0.05, 0) is 61.6 Å². The van der Waals surface area contributed by atoms with E-state index >= 15 is 0 Å². The number of pyridine rings is 1. The van der Waals surface area contributed by atoms with Crippen molar-refractivity contribution in [2.45, 2.75) is 49.1 Å². The van der Waals surface area contributed by atoms with Gasteiger partial charge in [0.15, 0.2) is 4.90 Å². The predicted octanol–water partition coefficient (Wildman–Crippen LogP) is 4.22. The lowest BCUT2D eigenvalue weighted by Crippen LogP contribution is -2.33. The lowest BCUT2D eigenvalue weighted by atomic mass is 10.1. The molecule has 4 aromatic rings. The van der Waals surface area contributed by atoms with Crippen LogP contribution in [0, 0.1) is 6.92 Å². The molecule has 37 heavy (non-hydrogen) atoms. The fourth-order valence-electron chi connectivity index (χ4n) is 4.92. The summed E-state index contributed by atoms with van der Waals surface area (Å²) in [5.74, 6) is -0.637. The summed E-state index contributed by atoms with van der Waals surface area (Å²) < 4.78 is 34.2. The van der Waals surface area contributed by atoms with E-state index < -0.39 is 32.2 Å². The van der Waals surface area contributed by atoms with Crippen molar-refractivity contribution in [1.29, 1.82) is 0 Å². The van der Waals surface area contributed by atoms with Crippen molar-refractivity contribution in [2.75, 3.05) is 6.61 Å². The molecule has 1 N–H and O–H groups in total. The topological polar surface area (TPSA) is 111 Å². The van der Waals surface area contributed by atoms with Crippen molar-refractivity contribution < 1.29 is 18.3 Å². The summed E-state index contributed by atoms with van der Waals surface area (Å²) in [4.78, 5) is 21.4. The minimum absolute atomic E-state index is 0.0303. The molecule has 9 heteroatoms. The Kier molecular flexibility index (Phi) is 6.66. The zero-order valence-corrected chi connectivity index (χ0v) is 21.4. The molecule has 5 rings (SSSR count). The molecule has 0 unspecified atom stereocenters. The molecule has 2 heterocycles. The Morgan fingerprint density at radius 3 is 2.57 bits per heavy atom. The lowest BCUT2D eigenvalue weighted by Gasteiger charge is -2.21. The highest BCUT2D eigenvalue weighted by Gasteiger charge is 2.34. The van der Waals surface area contributed by atoms with E-state index in [1.807, 2.05) is 50.2 Å². The number of hydrogen-bond donors (Lipinski definition) is 1. The van der Waals surface area contributed by atoms with Gasteiger partial charge < -0.3 is 9.84 Å². The van der Waals surface area contributed by atoms with Crippen LogP contribution in [0.5, 0.6) is 5.88 Å². The number of ether oxygens (including phenoxy) is 1. The van der Waals surface area contributed by atoms with Crippen molar-refractivity contribution in [1.82, 2.24) is 14.5 Å². The molecule has 0 fully saturated rings. The summed E-state index contributed by atoms with van der Waals surface area (Å²) in [6.07, 6.45) is 3.05. The largest absolute Gasteiger partial charge is 0.492 e. The molecule has 0 radical (unpaired) electrons. The van der Waals surface area contributed by atoms with Gasteiger partial charge in [0.2, 0.25) is 15.7 Å².